The lowest BCUT2D eigenvalue weighted by Gasteiger charge is -2.20. The Balaban J connectivity index is 4.10. The van der Waals surface area contributed by atoms with E-state index in [1.54, 1.807) is 0 Å². The second-order valence-electron chi connectivity index (χ2n) is 16.5. The minimum atomic E-state index is -4.53. The van der Waals surface area contributed by atoms with Crippen LogP contribution in [0.3, 0.4) is 0 Å². The molecule has 0 aliphatic carbocycles. The summed E-state index contributed by atoms with van der Waals surface area (Å²) < 4.78 is 33.5. The van der Waals surface area contributed by atoms with Gasteiger partial charge in [-0.25, -0.2) is 4.57 Å². The van der Waals surface area contributed by atoms with Crippen molar-refractivity contribution in [2.75, 3.05) is 33.0 Å². The quantitative estimate of drug-likeness (QED) is 0.0237. The zero-order valence-electron chi connectivity index (χ0n) is 38.7. The summed E-state index contributed by atoms with van der Waals surface area (Å²) in [5.74, 6) is -0.386. The van der Waals surface area contributed by atoms with Gasteiger partial charge in [-0.1, -0.05) is 210 Å². The van der Waals surface area contributed by atoms with Crippen LogP contribution in [-0.2, 0) is 27.9 Å². The molecule has 3 atom stereocenters. The van der Waals surface area contributed by atoms with Crippen LogP contribution in [0.15, 0.2) is 48.6 Å². The van der Waals surface area contributed by atoms with Crippen molar-refractivity contribution in [2.45, 2.75) is 232 Å². The lowest BCUT2D eigenvalue weighted by molar-refractivity contribution is -0.154. The molecule has 0 spiro atoms. The summed E-state index contributed by atoms with van der Waals surface area (Å²) in [6.45, 7) is 3.39. The molecule has 0 aliphatic heterocycles. The van der Waals surface area contributed by atoms with Crippen LogP contribution >= 0.6 is 7.82 Å². The summed E-state index contributed by atoms with van der Waals surface area (Å²) in [5.41, 5.74) is 0. The third-order valence-corrected chi connectivity index (χ3v) is 11.5. The Morgan fingerprint density at radius 1 is 0.533 bits per heavy atom. The maximum absolute atomic E-state index is 12.7. The zero-order chi connectivity index (χ0) is 43.9. The third-order valence-electron chi connectivity index (χ3n) is 10.5. The summed E-state index contributed by atoms with van der Waals surface area (Å²) in [5, 5.41) is 18.4. The number of rotatable bonds is 47. The van der Waals surface area contributed by atoms with Crippen molar-refractivity contribution in [1.82, 2.24) is 0 Å². The molecule has 0 heterocycles. The molecule has 0 fully saturated rings. The fourth-order valence-electron chi connectivity index (χ4n) is 6.82. The smallest absolute Gasteiger partial charge is 0.457 e. The van der Waals surface area contributed by atoms with E-state index in [-0.39, 0.29) is 25.6 Å². The first kappa shape index (κ1) is 58.4. The molecule has 0 aromatic carbocycles. The maximum Gasteiger partial charge on any atom is 0.472 e. The van der Waals surface area contributed by atoms with Crippen molar-refractivity contribution in [2.24, 2.45) is 0 Å². The SMILES string of the molecule is CC/C=C\C/C=C\C/C=C\C/C=C\CCCCCCCOCC(COP(=O)(O)OCC(O)CO)OC(=O)CCCCCCCCCCCCCCCCCCCCCCC. The van der Waals surface area contributed by atoms with Gasteiger partial charge >= 0.3 is 13.8 Å². The topological polar surface area (TPSA) is 132 Å². The minimum absolute atomic E-state index is 0.0378. The molecule has 0 bridgehead atoms. The van der Waals surface area contributed by atoms with Gasteiger partial charge in [0.05, 0.1) is 26.4 Å². The van der Waals surface area contributed by atoms with Crippen molar-refractivity contribution in [3.63, 3.8) is 0 Å². The molecule has 3 unspecified atom stereocenters. The van der Waals surface area contributed by atoms with E-state index in [9.17, 15) is 19.4 Å². The number of hydrogen-bond donors (Lipinski definition) is 3. The van der Waals surface area contributed by atoms with E-state index in [4.69, 9.17) is 23.6 Å². The molecule has 60 heavy (non-hydrogen) atoms. The van der Waals surface area contributed by atoms with Crippen LogP contribution in [0.25, 0.3) is 0 Å². The number of aliphatic hydroxyl groups excluding tert-OH is 2. The monoisotopic (exact) mass is 869 g/mol. The molecule has 10 heteroatoms. The molecular formula is C50H93O9P. The van der Waals surface area contributed by atoms with Gasteiger partial charge < -0.3 is 24.6 Å². The van der Waals surface area contributed by atoms with Gasteiger partial charge in [-0.15, -0.1) is 0 Å². The number of carbonyl (C=O) groups excluding carboxylic acids is 1. The Morgan fingerprint density at radius 3 is 1.43 bits per heavy atom. The van der Waals surface area contributed by atoms with E-state index < -0.39 is 33.2 Å². The van der Waals surface area contributed by atoms with E-state index in [1.165, 1.54) is 116 Å². The van der Waals surface area contributed by atoms with Crippen LogP contribution in [0.4, 0.5) is 0 Å². The molecule has 352 valence electrons. The fourth-order valence-corrected chi connectivity index (χ4v) is 7.61. The Morgan fingerprint density at radius 2 is 0.950 bits per heavy atom. The highest BCUT2D eigenvalue weighted by atomic mass is 31.2. The van der Waals surface area contributed by atoms with Crippen molar-refractivity contribution >= 4 is 13.8 Å². The predicted octanol–water partition coefficient (Wildman–Crippen LogP) is 14.1. The molecule has 9 nitrogen and oxygen atoms in total. The fraction of sp³-hybridized carbons (Fsp3) is 0.820. The number of hydrogen-bond acceptors (Lipinski definition) is 8. The third kappa shape index (κ3) is 45.9. The number of unbranched alkanes of at least 4 members (excludes halogenated alkanes) is 25. The molecule has 0 radical (unpaired) electrons. The van der Waals surface area contributed by atoms with Crippen molar-refractivity contribution in [1.29, 1.82) is 0 Å². The number of carbonyl (C=O) groups is 1. The second kappa shape index (κ2) is 46.9. The minimum Gasteiger partial charge on any atom is -0.457 e. The molecule has 0 aromatic rings. The molecular weight excluding hydrogens is 776 g/mol. The van der Waals surface area contributed by atoms with Crippen LogP contribution in [0, 0.1) is 0 Å². The standard InChI is InChI=1S/C50H93O9P/c1-3-5-7-9-11-13-15-17-19-21-23-24-25-26-28-30-32-34-36-38-40-42-50(53)59-49(47-58-60(54,55)57-45-48(52)44-51)46-56-43-41-39-37-35-33-31-29-27-22-20-18-16-14-12-10-8-6-4-2/h6,8,12,14,18,20,27,29,48-49,51-52H,3-5,7,9-11,13,15-17,19,21-26,28,30-47H2,1-2H3,(H,54,55)/b8-6-,14-12-,20-18-,29-27-. The second-order valence-corrected chi connectivity index (χ2v) is 17.9. The average molecular weight is 869 g/mol. The average Bonchev–Trinajstić information content (AvgIpc) is 3.24. The number of phosphoric ester groups is 1. The highest BCUT2D eigenvalue weighted by molar-refractivity contribution is 7.47. The first-order chi connectivity index (χ1) is 29.3. The largest absolute Gasteiger partial charge is 0.472 e. The number of ether oxygens (including phenoxy) is 2. The molecule has 0 rings (SSSR count). The lowest BCUT2D eigenvalue weighted by Crippen LogP contribution is -2.29. The van der Waals surface area contributed by atoms with Crippen LogP contribution < -0.4 is 0 Å². The zero-order valence-corrected chi connectivity index (χ0v) is 39.6. The van der Waals surface area contributed by atoms with Crippen LogP contribution in [0.5, 0.6) is 0 Å². The van der Waals surface area contributed by atoms with Crippen molar-refractivity contribution in [3.05, 3.63) is 48.6 Å². The van der Waals surface area contributed by atoms with Gasteiger partial charge in [-0.3, -0.25) is 13.8 Å². The molecule has 3 N–H and O–H groups in total. The Hall–Kier alpha value is -1.58. The van der Waals surface area contributed by atoms with Crippen molar-refractivity contribution in [3.8, 4) is 0 Å². The normalized spacial score (nSPS) is 14.3. The number of esters is 1. The molecule has 0 amide bonds. The summed E-state index contributed by atoms with van der Waals surface area (Å²) in [6, 6.07) is 0. The van der Waals surface area contributed by atoms with E-state index in [0.717, 1.165) is 83.5 Å². The maximum atomic E-state index is 12.7. The summed E-state index contributed by atoms with van der Waals surface area (Å²) >= 11 is 0. The Labute approximate surface area is 368 Å². The highest BCUT2D eigenvalue weighted by Crippen LogP contribution is 2.43. The molecule has 0 saturated heterocycles. The van der Waals surface area contributed by atoms with Crippen LogP contribution in [0.2, 0.25) is 0 Å². The van der Waals surface area contributed by atoms with E-state index in [1.807, 2.05) is 0 Å². The number of aliphatic hydroxyl groups is 2. The Kier molecular flexibility index (Phi) is 45.7. The summed E-state index contributed by atoms with van der Waals surface area (Å²) in [6.07, 6.45) is 53.6. The summed E-state index contributed by atoms with van der Waals surface area (Å²) in [7, 11) is -4.53. The predicted molar refractivity (Wildman–Crippen MR) is 251 cm³/mol. The van der Waals surface area contributed by atoms with Gasteiger partial charge in [0.2, 0.25) is 0 Å². The van der Waals surface area contributed by atoms with Gasteiger partial charge in [-0.2, -0.15) is 0 Å². The summed E-state index contributed by atoms with van der Waals surface area (Å²) in [4.78, 5) is 22.7. The van der Waals surface area contributed by atoms with E-state index in [2.05, 4.69) is 62.5 Å². The Bertz CT molecular complexity index is 1080. The molecule has 0 aromatic heterocycles. The lowest BCUT2D eigenvalue weighted by atomic mass is 10.0. The van der Waals surface area contributed by atoms with Gasteiger partial charge in [-0.05, 0) is 51.4 Å². The van der Waals surface area contributed by atoms with Gasteiger partial charge in [0, 0.05) is 13.0 Å². The molecule has 0 saturated carbocycles. The number of phosphoric acid groups is 1. The van der Waals surface area contributed by atoms with Gasteiger partial charge in [0.15, 0.2) is 0 Å². The van der Waals surface area contributed by atoms with Gasteiger partial charge in [0.25, 0.3) is 0 Å². The van der Waals surface area contributed by atoms with Crippen LogP contribution in [-0.4, -0.2) is 66.3 Å². The molecule has 0 aliphatic rings. The van der Waals surface area contributed by atoms with Crippen molar-refractivity contribution < 1.29 is 43.0 Å². The highest BCUT2D eigenvalue weighted by Gasteiger charge is 2.26. The van der Waals surface area contributed by atoms with E-state index >= 15 is 0 Å². The first-order valence-corrected chi connectivity index (χ1v) is 26.1. The van der Waals surface area contributed by atoms with Crippen LogP contribution in [0.1, 0.15) is 219 Å². The first-order valence-electron chi connectivity index (χ1n) is 24.6. The number of allylic oxidation sites excluding steroid dienone is 8. The van der Waals surface area contributed by atoms with Gasteiger partial charge in [0.1, 0.15) is 12.2 Å². The van der Waals surface area contributed by atoms with E-state index in [0.29, 0.717) is 6.61 Å².